The number of nitrogens with one attached hydrogen (secondary N) is 2. The number of aromatic amines is 2. The van der Waals surface area contributed by atoms with E-state index in [9.17, 15) is 9.59 Å². The third kappa shape index (κ3) is 4.89. The van der Waals surface area contributed by atoms with E-state index >= 15 is 0 Å². The normalized spacial score (nSPS) is 27.4. The molecular weight excluding hydrogens is 471 g/mol. The Morgan fingerprint density at radius 3 is 2.59 bits per heavy atom. The first kappa shape index (κ1) is 24.8. The molecule has 0 saturated carbocycles. The highest BCUT2D eigenvalue weighted by Crippen LogP contribution is 2.49. The van der Waals surface area contributed by atoms with Crippen LogP contribution in [0.2, 0.25) is 5.02 Å². The molecule has 4 atom stereocenters. The molecule has 0 spiro atoms. The van der Waals surface area contributed by atoms with Gasteiger partial charge in [0, 0.05) is 40.4 Å². The quantitative estimate of drug-likeness (QED) is 0.518. The molecule has 1 aromatic carbocycles. The lowest BCUT2D eigenvalue weighted by Crippen LogP contribution is -2.61. The smallest absolute Gasteiger partial charge is 0.335 e. The van der Waals surface area contributed by atoms with Crippen LogP contribution >= 0.6 is 23.2 Å². The Hall–Kier alpha value is -2.31. The molecule has 1 aliphatic heterocycles. The number of nitrogens with zero attached hydrogens (tertiary/aromatic N) is 2. The molecule has 1 fully saturated rings. The Labute approximate surface area is 210 Å². The minimum absolute atomic E-state index is 0.0283. The van der Waals surface area contributed by atoms with E-state index in [1.54, 1.807) is 0 Å². The summed E-state index contributed by atoms with van der Waals surface area (Å²) in [5, 5.41) is 7.96. The van der Waals surface area contributed by atoms with Crippen molar-refractivity contribution in [2.75, 3.05) is 0 Å². The van der Waals surface area contributed by atoms with E-state index in [1.807, 2.05) is 37.3 Å². The van der Waals surface area contributed by atoms with Gasteiger partial charge in [-0.3, -0.25) is 9.78 Å². The van der Waals surface area contributed by atoms with Crippen LogP contribution in [0.4, 0.5) is 0 Å². The number of aromatic nitrogens is 3. The van der Waals surface area contributed by atoms with E-state index in [4.69, 9.17) is 23.2 Å². The first-order chi connectivity index (χ1) is 16.3. The van der Waals surface area contributed by atoms with Crippen molar-refractivity contribution in [1.29, 1.82) is 0 Å². The number of carbonyl (C=O) groups is 1. The van der Waals surface area contributed by atoms with Crippen molar-refractivity contribution in [2.24, 2.45) is 11.3 Å². The number of allylic oxidation sites excluding steroid dienone is 3. The van der Waals surface area contributed by atoms with Crippen LogP contribution < -0.4 is 5.69 Å². The summed E-state index contributed by atoms with van der Waals surface area (Å²) in [5.41, 5.74) is 0.0338. The lowest BCUT2D eigenvalue weighted by Gasteiger charge is -2.54. The van der Waals surface area contributed by atoms with Crippen LogP contribution in [-0.4, -0.2) is 38.1 Å². The van der Waals surface area contributed by atoms with Gasteiger partial charge in [-0.15, -0.1) is 0 Å². The summed E-state index contributed by atoms with van der Waals surface area (Å²) in [6, 6.07) is 8.06. The molecule has 182 valence electrons. The number of likely N-dealkylation sites (tertiary alicyclic amines) is 1. The van der Waals surface area contributed by atoms with E-state index in [0.29, 0.717) is 23.7 Å². The Morgan fingerprint density at radius 2 is 2.00 bits per heavy atom. The summed E-state index contributed by atoms with van der Waals surface area (Å²) < 4.78 is 0. The predicted molar refractivity (Wildman–Crippen MR) is 136 cm³/mol. The molecule has 2 aliphatic rings. The van der Waals surface area contributed by atoms with Crippen LogP contribution in [0.1, 0.15) is 63.8 Å². The van der Waals surface area contributed by atoms with Gasteiger partial charge in [0.25, 0.3) is 0 Å². The first-order valence-electron chi connectivity index (χ1n) is 12.0. The average Bonchev–Trinajstić information content (AvgIpc) is 3.22. The molecule has 1 aliphatic carbocycles. The van der Waals surface area contributed by atoms with Gasteiger partial charge < -0.3 is 4.90 Å². The Kier molecular flexibility index (Phi) is 7.39. The third-order valence-corrected chi connectivity index (χ3v) is 7.92. The summed E-state index contributed by atoms with van der Waals surface area (Å²) >= 11 is 12.7. The minimum atomic E-state index is -0.726. The lowest BCUT2D eigenvalue weighted by molar-refractivity contribution is -0.156. The first-order valence-corrected chi connectivity index (χ1v) is 12.8. The van der Waals surface area contributed by atoms with Crippen molar-refractivity contribution < 1.29 is 4.79 Å². The minimum Gasteiger partial charge on any atom is -0.335 e. The molecule has 4 rings (SSSR count). The van der Waals surface area contributed by atoms with E-state index in [2.05, 4.69) is 46.1 Å². The highest BCUT2D eigenvalue weighted by molar-refractivity contribution is 6.31. The molecule has 1 saturated heterocycles. The van der Waals surface area contributed by atoms with Crippen molar-refractivity contribution in [3.63, 3.8) is 0 Å². The average molecular weight is 503 g/mol. The number of amides is 1. The van der Waals surface area contributed by atoms with Gasteiger partial charge >= 0.3 is 5.69 Å². The summed E-state index contributed by atoms with van der Waals surface area (Å²) in [7, 11) is 0. The van der Waals surface area contributed by atoms with E-state index in [-0.39, 0.29) is 35.5 Å². The van der Waals surface area contributed by atoms with Crippen LogP contribution in [0.3, 0.4) is 0 Å². The van der Waals surface area contributed by atoms with Gasteiger partial charge in [-0.2, -0.15) is 5.10 Å². The van der Waals surface area contributed by atoms with E-state index < -0.39 is 5.41 Å². The maximum absolute atomic E-state index is 14.3. The molecule has 0 bridgehead atoms. The number of hydrogen-bond acceptors (Lipinski definition) is 3. The Balaban J connectivity index is 1.83. The second-order valence-corrected chi connectivity index (χ2v) is 10.6. The highest BCUT2D eigenvalue weighted by atomic mass is 35.5. The fraction of sp³-hybridized carbons (Fsp3) is 0.500. The van der Waals surface area contributed by atoms with E-state index in [0.717, 1.165) is 29.9 Å². The molecule has 6 nitrogen and oxygen atoms in total. The largest absolute Gasteiger partial charge is 0.340 e. The summed E-state index contributed by atoms with van der Waals surface area (Å²) in [5.74, 6) is 0.821. The van der Waals surface area contributed by atoms with Gasteiger partial charge in [0.05, 0.1) is 5.41 Å². The second kappa shape index (κ2) is 10.1. The number of hydrogen-bond donors (Lipinski definition) is 2. The second-order valence-electron chi connectivity index (χ2n) is 9.75. The van der Waals surface area contributed by atoms with Gasteiger partial charge in [-0.1, -0.05) is 68.3 Å². The van der Waals surface area contributed by atoms with E-state index in [1.165, 1.54) is 0 Å². The molecule has 1 unspecified atom stereocenters. The zero-order valence-electron chi connectivity index (χ0n) is 19.9. The zero-order chi connectivity index (χ0) is 24.5. The van der Waals surface area contributed by atoms with Crippen molar-refractivity contribution in [3.05, 3.63) is 74.4 Å². The van der Waals surface area contributed by atoms with Crippen LogP contribution in [0.15, 0.2) is 52.3 Å². The van der Waals surface area contributed by atoms with Crippen LogP contribution in [0.25, 0.3) is 0 Å². The fourth-order valence-electron chi connectivity index (χ4n) is 5.75. The molecule has 8 heteroatoms. The molecule has 2 aromatic rings. The molecule has 1 amide bonds. The molecule has 1 aromatic heterocycles. The van der Waals surface area contributed by atoms with Crippen molar-refractivity contribution in [3.8, 4) is 0 Å². The molecular formula is C26H32Cl2N4O2. The topological polar surface area (TPSA) is 81.8 Å². The summed E-state index contributed by atoms with van der Waals surface area (Å²) in [4.78, 5) is 30.8. The van der Waals surface area contributed by atoms with Gasteiger partial charge in [0.1, 0.15) is 5.82 Å². The summed E-state index contributed by atoms with van der Waals surface area (Å²) in [6.45, 7) is 6.27. The van der Waals surface area contributed by atoms with Gasteiger partial charge in [-0.25, -0.2) is 9.89 Å². The summed E-state index contributed by atoms with van der Waals surface area (Å²) in [6.07, 6.45) is 9.64. The van der Waals surface area contributed by atoms with Gasteiger partial charge in [0.2, 0.25) is 5.91 Å². The number of H-pyrrole nitrogens is 2. The van der Waals surface area contributed by atoms with Crippen LogP contribution in [0.5, 0.6) is 0 Å². The molecule has 2 heterocycles. The molecule has 34 heavy (non-hydrogen) atoms. The number of piperidine rings is 1. The fourth-order valence-corrected chi connectivity index (χ4v) is 6.11. The van der Waals surface area contributed by atoms with Crippen molar-refractivity contribution in [1.82, 2.24) is 20.1 Å². The number of carbonyl (C=O) groups excluding carboxylic acids is 1. The monoisotopic (exact) mass is 502 g/mol. The number of halogens is 2. The molecule has 2 N–H and O–H groups in total. The number of benzene rings is 1. The predicted octanol–water partition coefficient (Wildman–Crippen LogP) is 5.57. The third-order valence-electron chi connectivity index (χ3n) is 7.40. The SMILES string of the molecule is CCC(CC)N1C(=O)[C@@](C)(Cc2n[nH]c(=O)[nH]2)C[C@H](c2cccc(Cl)c2)[C@H]1C1C=CC(Cl)=CC1. The van der Waals surface area contributed by atoms with Crippen LogP contribution in [0, 0.1) is 11.3 Å². The van der Waals surface area contributed by atoms with Gasteiger partial charge in [0.15, 0.2) is 0 Å². The van der Waals surface area contributed by atoms with Crippen molar-refractivity contribution in [2.45, 2.75) is 70.9 Å². The Morgan fingerprint density at radius 1 is 1.24 bits per heavy atom. The Bertz CT molecular complexity index is 1150. The zero-order valence-corrected chi connectivity index (χ0v) is 21.4. The lowest BCUT2D eigenvalue weighted by atomic mass is 9.65. The van der Waals surface area contributed by atoms with Gasteiger partial charge in [-0.05, 0) is 49.5 Å². The molecule has 0 radical (unpaired) electrons. The maximum Gasteiger partial charge on any atom is 0.340 e. The number of rotatable bonds is 7. The highest BCUT2D eigenvalue weighted by Gasteiger charge is 2.52. The van der Waals surface area contributed by atoms with Crippen LogP contribution in [-0.2, 0) is 11.2 Å². The standard InChI is InChI=1S/C26H32Cl2N4O2/c1-4-20(5-2)32-23(16-9-11-18(27)12-10-16)21(17-7-6-8-19(28)13-17)14-26(3,24(32)33)15-22-29-25(34)31-30-22/h6-9,11-13,16,20-21,23H,4-5,10,14-15H2,1-3H3,(H2,29,30,31,34)/t16?,21-,23-,26-/m1/s1. The van der Waals surface area contributed by atoms with Crippen molar-refractivity contribution >= 4 is 29.1 Å². The maximum atomic E-state index is 14.3.